The van der Waals surface area contributed by atoms with Gasteiger partial charge in [-0.3, -0.25) is 4.90 Å². The van der Waals surface area contributed by atoms with Crippen molar-refractivity contribution in [2.24, 2.45) is 11.8 Å². The molecule has 1 aliphatic heterocycles. The second-order valence-corrected chi connectivity index (χ2v) is 7.40. The van der Waals surface area contributed by atoms with E-state index in [1.807, 2.05) is 6.92 Å². The first-order chi connectivity index (χ1) is 9.06. The molecule has 1 aliphatic carbocycles. The van der Waals surface area contributed by atoms with Crippen LogP contribution < -0.4 is 0 Å². The number of likely N-dealkylation sites (tertiary alicyclic amines) is 1. The van der Waals surface area contributed by atoms with Crippen molar-refractivity contribution >= 4 is 0 Å². The maximum Gasteiger partial charge on any atom is 0.0527 e. The van der Waals surface area contributed by atoms with Crippen LogP contribution in [-0.4, -0.2) is 34.7 Å². The van der Waals surface area contributed by atoms with Gasteiger partial charge in [0.05, 0.1) is 6.10 Å². The topological polar surface area (TPSA) is 23.5 Å². The molecular formula is C17H33NO. The highest BCUT2D eigenvalue weighted by molar-refractivity contribution is 4.87. The maximum absolute atomic E-state index is 9.79. The lowest BCUT2D eigenvalue weighted by molar-refractivity contribution is 0.0465. The molecule has 0 aromatic rings. The SMILES string of the molecule is CC(O)CC1CCCCCN1C1CC(C)CC(C)C1. The van der Waals surface area contributed by atoms with Crippen LogP contribution in [0.5, 0.6) is 0 Å². The van der Waals surface area contributed by atoms with Gasteiger partial charge in [-0.05, 0) is 63.8 Å². The van der Waals surface area contributed by atoms with E-state index >= 15 is 0 Å². The van der Waals surface area contributed by atoms with Crippen LogP contribution in [0.4, 0.5) is 0 Å². The Balaban J connectivity index is 2.03. The van der Waals surface area contributed by atoms with Crippen LogP contribution >= 0.6 is 0 Å². The van der Waals surface area contributed by atoms with Crippen LogP contribution in [0.3, 0.4) is 0 Å². The lowest BCUT2D eigenvalue weighted by Gasteiger charge is -2.43. The molecule has 2 aliphatic rings. The largest absolute Gasteiger partial charge is 0.393 e. The molecule has 4 atom stereocenters. The number of aliphatic hydroxyl groups is 1. The van der Waals surface area contributed by atoms with Crippen molar-refractivity contribution in [1.29, 1.82) is 0 Å². The fourth-order valence-corrected chi connectivity index (χ4v) is 4.50. The summed E-state index contributed by atoms with van der Waals surface area (Å²) in [7, 11) is 0. The summed E-state index contributed by atoms with van der Waals surface area (Å²) in [5.41, 5.74) is 0. The molecule has 0 radical (unpaired) electrons. The Bertz CT molecular complexity index is 256. The number of nitrogens with zero attached hydrogens (tertiary/aromatic N) is 1. The van der Waals surface area contributed by atoms with E-state index in [1.165, 1.54) is 51.5 Å². The Labute approximate surface area is 119 Å². The first-order valence-corrected chi connectivity index (χ1v) is 8.50. The second-order valence-electron chi connectivity index (χ2n) is 7.40. The zero-order chi connectivity index (χ0) is 13.8. The molecule has 4 unspecified atom stereocenters. The number of hydrogen-bond acceptors (Lipinski definition) is 2. The molecule has 2 fully saturated rings. The molecule has 0 bridgehead atoms. The van der Waals surface area contributed by atoms with Crippen molar-refractivity contribution < 1.29 is 5.11 Å². The average Bonchev–Trinajstić information content (AvgIpc) is 2.52. The number of hydrogen-bond donors (Lipinski definition) is 1. The minimum absolute atomic E-state index is 0.149. The lowest BCUT2D eigenvalue weighted by Crippen LogP contribution is -2.47. The first-order valence-electron chi connectivity index (χ1n) is 8.50. The van der Waals surface area contributed by atoms with E-state index in [9.17, 15) is 5.11 Å². The highest BCUT2D eigenvalue weighted by Gasteiger charge is 2.33. The quantitative estimate of drug-likeness (QED) is 0.840. The van der Waals surface area contributed by atoms with E-state index < -0.39 is 0 Å². The first kappa shape index (κ1) is 15.3. The summed E-state index contributed by atoms with van der Waals surface area (Å²) in [6, 6.07) is 1.41. The van der Waals surface area contributed by atoms with Crippen LogP contribution in [0, 0.1) is 11.8 Å². The third-order valence-corrected chi connectivity index (χ3v) is 5.16. The summed E-state index contributed by atoms with van der Waals surface area (Å²) in [5, 5.41) is 9.79. The van der Waals surface area contributed by atoms with Gasteiger partial charge >= 0.3 is 0 Å². The van der Waals surface area contributed by atoms with Crippen molar-refractivity contribution in [3.05, 3.63) is 0 Å². The van der Waals surface area contributed by atoms with Crippen LogP contribution in [0.2, 0.25) is 0 Å². The molecule has 1 saturated carbocycles. The minimum atomic E-state index is -0.149. The second kappa shape index (κ2) is 7.08. The average molecular weight is 267 g/mol. The van der Waals surface area contributed by atoms with Gasteiger partial charge in [0.1, 0.15) is 0 Å². The summed E-state index contributed by atoms with van der Waals surface area (Å²) in [5.74, 6) is 1.76. The van der Waals surface area contributed by atoms with Crippen LogP contribution in [0.15, 0.2) is 0 Å². The van der Waals surface area contributed by atoms with Crippen molar-refractivity contribution in [3.63, 3.8) is 0 Å². The Morgan fingerprint density at radius 1 is 1.05 bits per heavy atom. The van der Waals surface area contributed by atoms with Crippen LogP contribution in [-0.2, 0) is 0 Å². The zero-order valence-corrected chi connectivity index (χ0v) is 13.1. The molecule has 0 amide bonds. The lowest BCUT2D eigenvalue weighted by atomic mass is 9.79. The summed E-state index contributed by atoms with van der Waals surface area (Å²) < 4.78 is 0. The molecule has 0 spiro atoms. The van der Waals surface area contributed by atoms with Gasteiger partial charge in [0.2, 0.25) is 0 Å². The smallest absolute Gasteiger partial charge is 0.0527 e. The summed E-state index contributed by atoms with van der Waals surface area (Å²) in [4.78, 5) is 2.78. The van der Waals surface area contributed by atoms with Crippen molar-refractivity contribution in [2.75, 3.05) is 6.54 Å². The third-order valence-electron chi connectivity index (χ3n) is 5.16. The fraction of sp³-hybridized carbons (Fsp3) is 1.00. The molecule has 2 nitrogen and oxygen atoms in total. The Morgan fingerprint density at radius 3 is 2.37 bits per heavy atom. The van der Waals surface area contributed by atoms with Gasteiger partial charge in [-0.2, -0.15) is 0 Å². The monoisotopic (exact) mass is 267 g/mol. The maximum atomic E-state index is 9.79. The third kappa shape index (κ3) is 4.46. The van der Waals surface area contributed by atoms with E-state index in [4.69, 9.17) is 0 Å². The van der Waals surface area contributed by atoms with Crippen molar-refractivity contribution in [3.8, 4) is 0 Å². The molecule has 0 aromatic carbocycles. The standard InChI is InChI=1S/C17H33NO/c1-13-9-14(2)11-17(10-13)18-8-6-4-5-7-16(18)12-15(3)19/h13-17,19H,4-12H2,1-3H3. The van der Waals surface area contributed by atoms with Gasteiger partial charge in [-0.1, -0.05) is 26.7 Å². The molecule has 1 saturated heterocycles. The number of aliphatic hydroxyl groups excluding tert-OH is 1. The highest BCUT2D eigenvalue weighted by atomic mass is 16.3. The predicted octanol–water partition coefficient (Wildman–Crippen LogP) is 3.83. The van der Waals surface area contributed by atoms with Gasteiger partial charge in [0, 0.05) is 12.1 Å². The van der Waals surface area contributed by atoms with Gasteiger partial charge in [0.15, 0.2) is 0 Å². The Hall–Kier alpha value is -0.0800. The van der Waals surface area contributed by atoms with Crippen molar-refractivity contribution in [1.82, 2.24) is 4.90 Å². The van der Waals surface area contributed by atoms with Gasteiger partial charge < -0.3 is 5.11 Å². The fourth-order valence-electron chi connectivity index (χ4n) is 4.50. The Kier molecular flexibility index (Phi) is 5.70. The van der Waals surface area contributed by atoms with E-state index in [1.54, 1.807) is 0 Å². The van der Waals surface area contributed by atoms with Crippen molar-refractivity contribution in [2.45, 2.75) is 90.3 Å². The summed E-state index contributed by atoms with van der Waals surface area (Å²) in [6.07, 6.45) is 10.4. The summed E-state index contributed by atoms with van der Waals surface area (Å²) >= 11 is 0. The van der Waals surface area contributed by atoms with E-state index in [0.29, 0.717) is 6.04 Å². The molecule has 112 valence electrons. The molecular weight excluding hydrogens is 234 g/mol. The van der Waals surface area contributed by atoms with E-state index in [-0.39, 0.29) is 6.10 Å². The van der Waals surface area contributed by atoms with Gasteiger partial charge in [-0.15, -0.1) is 0 Å². The van der Waals surface area contributed by atoms with E-state index in [0.717, 1.165) is 24.3 Å². The minimum Gasteiger partial charge on any atom is -0.393 e. The predicted molar refractivity (Wildman–Crippen MR) is 81.2 cm³/mol. The Morgan fingerprint density at radius 2 is 1.74 bits per heavy atom. The van der Waals surface area contributed by atoms with E-state index in [2.05, 4.69) is 18.7 Å². The molecule has 0 aromatic heterocycles. The van der Waals surface area contributed by atoms with Gasteiger partial charge in [0.25, 0.3) is 0 Å². The number of rotatable bonds is 3. The zero-order valence-electron chi connectivity index (χ0n) is 13.1. The van der Waals surface area contributed by atoms with Crippen LogP contribution in [0.1, 0.15) is 72.1 Å². The molecule has 1 N–H and O–H groups in total. The molecule has 1 heterocycles. The van der Waals surface area contributed by atoms with Gasteiger partial charge in [-0.25, -0.2) is 0 Å². The molecule has 2 rings (SSSR count). The summed E-state index contributed by atoms with van der Waals surface area (Å²) in [6.45, 7) is 8.06. The molecule has 19 heavy (non-hydrogen) atoms. The normalized spacial score (nSPS) is 39.8. The highest BCUT2D eigenvalue weighted by Crippen LogP contribution is 2.35. The van der Waals surface area contributed by atoms with Crippen LogP contribution in [0.25, 0.3) is 0 Å². The molecule has 2 heteroatoms.